The summed E-state index contributed by atoms with van der Waals surface area (Å²) >= 11 is 0. The van der Waals surface area contributed by atoms with Gasteiger partial charge >= 0.3 is 0 Å². The summed E-state index contributed by atoms with van der Waals surface area (Å²) in [6.07, 6.45) is 1.19. The quantitative estimate of drug-likeness (QED) is 0.821. The van der Waals surface area contributed by atoms with Crippen molar-refractivity contribution in [2.45, 2.75) is 25.7 Å². The molecule has 0 radical (unpaired) electrons. The molecule has 0 aliphatic heterocycles. The molecule has 0 saturated carbocycles. The molecule has 2 N–H and O–H groups in total. The molecule has 0 aliphatic carbocycles. The molecular weight excluding hydrogens is 228 g/mol. The van der Waals surface area contributed by atoms with Crippen LogP contribution in [0, 0.1) is 5.41 Å². The Morgan fingerprint density at radius 1 is 1.31 bits per heavy atom. The van der Waals surface area contributed by atoms with Crippen molar-refractivity contribution in [3.05, 3.63) is 28.7 Å². The van der Waals surface area contributed by atoms with Gasteiger partial charge in [0.05, 0.1) is 4.90 Å². The van der Waals surface area contributed by atoms with Gasteiger partial charge in [-0.2, -0.15) is 0 Å². The molecule has 1 aromatic heterocycles. The van der Waals surface area contributed by atoms with Crippen molar-refractivity contribution in [1.29, 1.82) is 0 Å². The Kier molecular flexibility index (Phi) is 3.54. The van der Waals surface area contributed by atoms with Crippen molar-refractivity contribution >= 4 is 10.0 Å². The Bertz CT molecular complexity index is 491. The van der Waals surface area contributed by atoms with Gasteiger partial charge in [-0.1, -0.05) is 20.8 Å². The number of pyridine rings is 1. The summed E-state index contributed by atoms with van der Waals surface area (Å²) in [7, 11) is -3.53. The highest BCUT2D eigenvalue weighted by atomic mass is 32.2. The number of aromatic nitrogens is 1. The molecule has 0 amide bonds. The van der Waals surface area contributed by atoms with Crippen molar-refractivity contribution < 1.29 is 8.42 Å². The average molecular weight is 244 g/mol. The summed E-state index contributed by atoms with van der Waals surface area (Å²) in [5.74, 6) is 0. The van der Waals surface area contributed by atoms with E-state index in [4.69, 9.17) is 0 Å². The summed E-state index contributed by atoms with van der Waals surface area (Å²) in [6, 6.07) is 2.47. The molecule has 6 heteroatoms. The zero-order valence-electron chi connectivity index (χ0n) is 9.57. The average Bonchev–Trinajstić information content (AvgIpc) is 2.15. The van der Waals surface area contributed by atoms with Crippen molar-refractivity contribution in [2.75, 3.05) is 6.54 Å². The topological polar surface area (TPSA) is 79.0 Å². The van der Waals surface area contributed by atoms with Gasteiger partial charge in [-0.25, -0.2) is 13.1 Å². The van der Waals surface area contributed by atoms with E-state index < -0.39 is 10.0 Å². The molecule has 0 spiro atoms. The highest BCUT2D eigenvalue weighted by Gasteiger charge is 2.18. The molecule has 0 bridgehead atoms. The zero-order chi connectivity index (χ0) is 12.4. The third-order valence-corrected chi connectivity index (χ3v) is 3.26. The molecule has 1 heterocycles. The second-order valence-corrected chi connectivity index (χ2v) is 6.54. The van der Waals surface area contributed by atoms with Crippen LogP contribution >= 0.6 is 0 Å². The lowest BCUT2D eigenvalue weighted by atomic mass is 9.98. The summed E-state index contributed by atoms with van der Waals surface area (Å²) in [5, 5.41) is 0. The summed E-state index contributed by atoms with van der Waals surface area (Å²) < 4.78 is 26.0. The van der Waals surface area contributed by atoms with Gasteiger partial charge in [-0.05, 0) is 11.5 Å². The van der Waals surface area contributed by atoms with Crippen LogP contribution in [0.25, 0.3) is 0 Å². The van der Waals surface area contributed by atoms with E-state index in [1.807, 2.05) is 20.8 Å². The highest BCUT2D eigenvalue weighted by molar-refractivity contribution is 7.89. The minimum absolute atomic E-state index is 0.0661. The van der Waals surface area contributed by atoms with Crippen LogP contribution in [0.3, 0.4) is 0 Å². The first-order valence-electron chi connectivity index (χ1n) is 4.89. The van der Waals surface area contributed by atoms with E-state index >= 15 is 0 Å². The largest absolute Gasteiger partial charge is 0.328 e. The van der Waals surface area contributed by atoms with Gasteiger partial charge in [0.2, 0.25) is 15.6 Å². The maximum Gasteiger partial charge on any atom is 0.247 e. The molecule has 0 unspecified atom stereocenters. The van der Waals surface area contributed by atoms with Gasteiger partial charge in [0, 0.05) is 18.8 Å². The van der Waals surface area contributed by atoms with Gasteiger partial charge in [0.15, 0.2) is 0 Å². The first-order valence-corrected chi connectivity index (χ1v) is 6.37. The predicted molar refractivity (Wildman–Crippen MR) is 61.7 cm³/mol. The van der Waals surface area contributed by atoms with Crippen LogP contribution in [0.1, 0.15) is 20.8 Å². The van der Waals surface area contributed by atoms with Crippen LogP contribution < -0.4 is 10.3 Å². The molecule has 16 heavy (non-hydrogen) atoms. The predicted octanol–water partition coefficient (Wildman–Crippen LogP) is 0.699. The monoisotopic (exact) mass is 244 g/mol. The van der Waals surface area contributed by atoms with Gasteiger partial charge in [0.25, 0.3) is 0 Å². The van der Waals surface area contributed by atoms with Crippen LogP contribution in [-0.4, -0.2) is 19.9 Å². The Morgan fingerprint density at radius 2 is 1.94 bits per heavy atom. The van der Waals surface area contributed by atoms with E-state index in [9.17, 15) is 13.2 Å². The van der Waals surface area contributed by atoms with Crippen molar-refractivity contribution in [3.8, 4) is 0 Å². The normalized spacial score (nSPS) is 12.7. The highest BCUT2D eigenvalue weighted by Crippen LogP contribution is 2.13. The van der Waals surface area contributed by atoms with Gasteiger partial charge in [-0.3, -0.25) is 4.79 Å². The number of nitrogens with one attached hydrogen (secondary N) is 2. The van der Waals surface area contributed by atoms with Gasteiger partial charge < -0.3 is 4.98 Å². The second-order valence-electron chi connectivity index (χ2n) is 4.77. The first-order chi connectivity index (χ1) is 7.21. The Morgan fingerprint density at radius 3 is 2.38 bits per heavy atom. The number of H-pyrrole nitrogens is 1. The van der Waals surface area contributed by atoms with E-state index in [2.05, 4.69) is 9.71 Å². The van der Waals surface area contributed by atoms with E-state index in [-0.39, 0.29) is 15.9 Å². The number of hydrogen-bond acceptors (Lipinski definition) is 3. The maximum absolute atomic E-state index is 11.8. The molecule has 0 fully saturated rings. The third-order valence-electron chi connectivity index (χ3n) is 1.86. The summed E-state index contributed by atoms with van der Waals surface area (Å²) in [4.78, 5) is 13.2. The molecular formula is C10H16N2O3S. The Labute approximate surface area is 94.9 Å². The fourth-order valence-electron chi connectivity index (χ4n) is 0.958. The first kappa shape index (κ1) is 12.9. The van der Waals surface area contributed by atoms with Crippen LogP contribution in [0.4, 0.5) is 0 Å². The number of sulfonamides is 1. The molecule has 90 valence electrons. The number of rotatable bonds is 3. The zero-order valence-corrected chi connectivity index (χ0v) is 10.4. The summed E-state index contributed by atoms with van der Waals surface area (Å²) in [5.41, 5.74) is -0.454. The molecule has 0 aliphatic rings. The van der Waals surface area contributed by atoms with Crippen LogP contribution in [0.5, 0.6) is 0 Å². The van der Waals surface area contributed by atoms with Crippen molar-refractivity contribution in [3.63, 3.8) is 0 Å². The Balaban J connectivity index is 2.87. The lowest BCUT2D eigenvalue weighted by Gasteiger charge is -2.18. The van der Waals surface area contributed by atoms with E-state index in [0.717, 1.165) is 0 Å². The minimum Gasteiger partial charge on any atom is -0.328 e. The fraction of sp³-hybridized carbons (Fsp3) is 0.500. The number of aromatic amines is 1. The molecule has 0 saturated heterocycles. The van der Waals surface area contributed by atoms with Crippen molar-refractivity contribution in [2.24, 2.45) is 5.41 Å². The van der Waals surface area contributed by atoms with E-state index in [1.165, 1.54) is 18.3 Å². The lowest BCUT2D eigenvalue weighted by Crippen LogP contribution is -2.32. The van der Waals surface area contributed by atoms with Crippen LogP contribution in [-0.2, 0) is 10.0 Å². The maximum atomic E-state index is 11.8. The molecule has 0 atom stereocenters. The van der Waals surface area contributed by atoms with E-state index in [1.54, 1.807) is 0 Å². The number of hydrogen-bond donors (Lipinski definition) is 2. The SMILES string of the molecule is CC(C)(C)CNS(=O)(=O)c1ccc(=O)[nH]c1. The van der Waals surface area contributed by atoms with Crippen LogP contribution in [0.2, 0.25) is 0 Å². The van der Waals surface area contributed by atoms with Crippen molar-refractivity contribution in [1.82, 2.24) is 9.71 Å². The summed E-state index contributed by atoms with van der Waals surface area (Å²) in [6.45, 7) is 6.14. The molecule has 1 rings (SSSR count). The molecule has 0 aromatic carbocycles. The molecule has 5 nitrogen and oxygen atoms in total. The Hall–Kier alpha value is -1.14. The van der Waals surface area contributed by atoms with Gasteiger partial charge in [0.1, 0.15) is 0 Å². The van der Waals surface area contributed by atoms with E-state index in [0.29, 0.717) is 6.54 Å². The van der Waals surface area contributed by atoms with Gasteiger partial charge in [-0.15, -0.1) is 0 Å². The minimum atomic E-state index is -3.53. The van der Waals surface area contributed by atoms with Crippen LogP contribution in [0.15, 0.2) is 28.0 Å². The second kappa shape index (κ2) is 4.39. The third kappa shape index (κ3) is 3.79. The standard InChI is InChI=1S/C10H16N2O3S/c1-10(2,3)7-12-16(14,15)8-4-5-9(13)11-6-8/h4-6,12H,7H2,1-3H3,(H,11,13). The lowest BCUT2D eigenvalue weighted by molar-refractivity contribution is 0.407. The fourth-order valence-corrected chi connectivity index (χ4v) is 2.21. The smallest absolute Gasteiger partial charge is 0.247 e. The molecule has 1 aromatic rings.